The number of esters is 1. The molecular formula is C12H9ClN4O2S2. The molecule has 0 saturated heterocycles. The van der Waals surface area contributed by atoms with Crippen LogP contribution >= 0.6 is 34.7 Å². The van der Waals surface area contributed by atoms with Gasteiger partial charge < -0.3 is 10.1 Å². The van der Waals surface area contributed by atoms with Crippen molar-refractivity contribution < 1.29 is 9.53 Å². The average molecular weight is 341 g/mol. The normalized spacial score (nSPS) is 10.8. The first-order valence-corrected chi connectivity index (χ1v) is 7.76. The van der Waals surface area contributed by atoms with Crippen LogP contribution in [0.2, 0.25) is 5.02 Å². The topological polar surface area (TPSA) is 77.0 Å². The van der Waals surface area contributed by atoms with Gasteiger partial charge in [-0.1, -0.05) is 11.6 Å². The largest absolute Gasteiger partial charge is 0.464 e. The maximum Gasteiger partial charge on any atom is 0.357 e. The van der Waals surface area contributed by atoms with Crippen molar-refractivity contribution in [2.75, 3.05) is 12.4 Å². The number of methoxy groups -OCH3 is 1. The Morgan fingerprint density at radius 3 is 2.95 bits per heavy atom. The molecule has 2 aromatic heterocycles. The van der Waals surface area contributed by atoms with Gasteiger partial charge in [0, 0.05) is 4.88 Å². The Labute approximate surface area is 133 Å². The Kier molecular flexibility index (Phi) is 3.75. The first kappa shape index (κ1) is 14.2. The maximum absolute atomic E-state index is 11.6. The lowest BCUT2D eigenvalue weighted by Gasteiger charge is -2.05. The number of nitrogens with one attached hydrogen (secondary N) is 1. The van der Waals surface area contributed by atoms with Crippen molar-refractivity contribution in [3.05, 3.63) is 27.7 Å². The number of rotatable bonds is 3. The van der Waals surface area contributed by atoms with Crippen LogP contribution in [0.5, 0.6) is 0 Å². The van der Waals surface area contributed by atoms with Crippen LogP contribution in [0.3, 0.4) is 0 Å². The Balaban J connectivity index is 2.01. The fraction of sp³-hybridized carbons (Fsp3) is 0.167. The van der Waals surface area contributed by atoms with Crippen molar-refractivity contribution in [1.29, 1.82) is 0 Å². The van der Waals surface area contributed by atoms with Gasteiger partial charge in [-0.25, -0.2) is 9.78 Å². The summed E-state index contributed by atoms with van der Waals surface area (Å²) in [6.07, 6.45) is 0. The summed E-state index contributed by atoms with van der Waals surface area (Å²) in [5.74, 6) is -0.462. The van der Waals surface area contributed by atoms with E-state index in [0.717, 1.165) is 22.1 Å². The van der Waals surface area contributed by atoms with E-state index in [9.17, 15) is 4.79 Å². The van der Waals surface area contributed by atoms with Crippen LogP contribution < -0.4 is 5.32 Å². The number of aromatic nitrogens is 3. The predicted molar refractivity (Wildman–Crippen MR) is 83.9 cm³/mol. The molecule has 6 nitrogen and oxygen atoms in total. The molecule has 0 saturated carbocycles. The number of anilines is 2. The number of hydrogen-bond donors (Lipinski definition) is 1. The van der Waals surface area contributed by atoms with Gasteiger partial charge >= 0.3 is 5.97 Å². The molecule has 0 bridgehead atoms. The number of benzene rings is 1. The zero-order valence-electron chi connectivity index (χ0n) is 11.0. The molecule has 2 heterocycles. The van der Waals surface area contributed by atoms with E-state index >= 15 is 0 Å². The first-order chi connectivity index (χ1) is 10.1. The number of hydrogen-bond acceptors (Lipinski definition) is 8. The van der Waals surface area contributed by atoms with Gasteiger partial charge in [-0.05, 0) is 19.1 Å². The summed E-state index contributed by atoms with van der Waals surface area (Å²) in [7, 11) is 1.33. The lowest BCUT2D eigenvalue weighted by atomic mass is 10.2. The van der Waals surface area contributed by atoms with Crippen molar-refractivity contribution in [2.24, 2.45) is 0 Å². The highest BCUT2D eigenvalue weighted by Gasteiger charge is 2.17. The number of fused-ring (bicyclic) bond motifs is 1. The molecule has 0 spiro atoms. The number of thiazole rings is 1. The average Bonchev–Trinajstić information content (AvgIpc) is 3.07. The van der Waals surface area contributed by atoms with Gasteiger partial charge in [0.2, 0.25) is 0 Å². The molecule has 0 aliphatic carbocycles. The molecule has 9 heteroatoms. The number of carbonyl (C=O) groups excluding carboxylic acids is 1. The van der Waals surface area contributed by atoms with Crippen molar-refractivity contribution in [3.63, 3.8) is 0 Å². The maximum atomic E-state index is 11.6. The van der Waals surface area contributed by atoms with E-state index in [1.54, 1.807) is 12.1 Å². The van der Waals surface area contributed by atoms with Gasteiger partial charge in [-0.15, -0.1) is 11.3 Å². The Morgan fingerprint density at radius 2 is 2.19 bits per heavy atom. The Morgan fingerprint density at radius 1 is 1.38 bits per heavy atom. The molecule has 0 unspecified atom stereocenters. The quantitative estimate of drug-likeness (QED) is 0.733. The minimum absolute atomic E-state index is 0.296. The second-order valence-electron chi connectivity index (χ2n) is 4.09. The number of ether oxygens (including phenoxy) is 1. The van der Waals surface area contributed by atoms with Gasteiger partial charge in [-0.2, -0.15) is 8.75 Å². The Bertz CT molecular complexity index is 830. The summed E-state index contributed by atoms with van der Waals surface area (Å²) in [6, 6.07) is 3.55. The van der Waals surface area contributed by atoms with Crippen LogP contribution in [0.1, 0.15) is 15.4 Å². The molecule has 0 aliphatic rings. The SMILES string of the molecule is COC(=O)c1nc(Nc2c(Cl)ccc3nsnc23)sc1C. The number of nitrogens with zero attached hydrogens (tertiary/aromatic N) is 3. The summed E-state index contributed by atoms with van der Waals surface area (Å²) in [5.41, 5.74) is 2.37. The molecule has 3 aromatic rings. The zero-order valence-corrected chi connectivity index (χ0v) is 13.4. The molecule has 1 aromatic carbocycles. The molecule has 3 rings (SSSR count). The van der Waals surface area contributed by atoms with E-state index < -0.39 is 5.97 Å². The van der Waals surface area contributed by atoms with Gasteiger partial charge in [0.05, 0.1) is 29.5 Å². The molecule has 0 atom stereocenters. The summed E-state index contributed by atoms with van der Waals surface area (Å²) < 4.78 is 13.1. The third kappa shape index (κ3) is 2.57. The number of halogens is 1. The molecule has 0 aliphatic heterocycles. The van der Waals surface area contributed by atoms with E-state index in [4.69, 9.17) is 16.3 Å². The van der Waals surface area contributed by atoms with E-state index in [1.165, 1.54) is 18.4 Å². The van der Waals surface area contributed by atoms with Gasteiger partial charge in [0.1, 0.15) is 11.0 Å². The lowest BCUT2D eigenvalue weighted by Crippen LogP contribution is -2.03. The zero-order chi connectivity index (χ0) is 15.0. The van der Waals surface area contributed by atoms with Crippen LogP contribution in [0.25, 0.3) is 11.0 Å². The molecule has 0 amide bonds. The van der Waals surface area contributed by atoms with Crippen LogP contribution in [0.4, 0.5) is 10.8 Å². The van der Waals surface area contributed by atoms with Crippen LogP contribution in [-0.4, -0.2) is 26.8 Å². The first-order valence-electron chi connectivity index (χ1n) is 5.83. The fourth-order valence-corrected chi connectivity index (χ4v) is 3.34. The van der Waals surface area contributed by atoms with Crippen LogP contribution in [0, 0.1) is 6.92 Å². The minimum atomic E-state index is -0.462. The molecular weight excluding hydrogens is 332 g/mol. The van der Waals surface area contributed by atoms with Gasteiger partial charge in [0.25, 0.3) is 0 Å². The molecule has 0 radical (unpaired) electrons. The smallest absolute Gasteiger partial charge is 0.357 e. The highest BCUT2D eigenvalue weighted by atomic mass is 35.5. The molecule has 0 fully saturated rings. The van der Waals surface area contributed by atoms with Crippen molar-refractivity contribution >= 4 is 62.5 Å². The highest BCUT2D eigenvalue weighted by molar-refractivity contribution is 7.15. The van der Waals surface area contributed by atoms with Crippen molar-refractivity contribution in [2.45, 2.75) is 6.92 Å². The monoisotopic (exact) mass is 340 g/mol. The van der Waals surface area contributed by atoms with E-state index in [1.807, 2.05) is 6.92 Å². The lowest BCUT2D eigenvalue weighted by molar-refractivity contribution is 0.0594. The number of carbonyl (C=O) groups is 1. The molecule has 108 valence electrons. The van der Waals surface area contributed by atoms with E-state index in [0.29, 0.717) is 27.1 Å². The predicted octanol–water partition coefficient (Wildman–Crippen LogP) is 3.64. The van der Waals surface area contributed by atoms with Crippen molar-refractivity contribution in [1.82, 2.24) is 13.7 Å². The second kappa shape index (κ2) is 5.55. The van der Waals surface area contributed by atoms with Crippen LogP contribution in [-0.2, 0) is 4.74 Å². The Hall–Kier alpha value is -1.77. The fourth-order valence-electron chi connectivity index (χ4n) is 1.79. The minimum Gasteiger partial charge on any atom is -0.464 e. The summed E-state index contributed by atoms with van der Waals surface area (Å²) in [5, 5.41) is 4.18. The van der Waals surface area contributed by atoms with Crippen LogP contribution in [0.15, 0.2) is 12.1 Å². The van der Waals surface area contributed by atoms with Gasteiger partial charge in [0.15, 0.2) is 10.8 Å². The third-order valence-corrected chi connectivity index (χ3v) is 4.53. The highest BCUT2D eigenvalue weighted by Crippen LogP contribution is 2.34. The van der Waals surface area contributed by atoms with E-state index in [2.05, 4.69) is 19.0 Å². The molecule has 21 heavy (non-hydrogen) atoms. The summed E-state index contributed by atoms with van der Waals surface area (Å²) in [6.45, 7) is 1.81. The van der Waals surface area contributed by atoms with Crippen molar-refractivity contribution in [3.8, 4) is 0 Å². The summed E-state index contributed by atoms with van der Waals surface area (Å²) >= 11 is 8.67. The third-order valence-electron chi connectivity index (χ3n) is 2.78. The van der Waals surface area contributed by atoms with Gasteiger partial charge in [-0.3, -0.25) is 0 Å². The summed E-state index contributed by atoms with van der Waals surface area (Å²) in [4.78, 5) is 16.6. The van der Waals surface area contributed by atoms with E-state index in [-0.39, 0.29) is 0 Å². The standard InChI is InChI=1S/C12H9ClN4O2S2/c1-5-8(11(18)19-2)14-12(20-5)15-9-6(13)3-4-7-10(9)17-21-16-7/h3-4H,1-2H3,(H,14,15). The number of aryl methyl sites for hydroxylation is 1. The molecule has 1 N–H and O–H groups in total. The second-order valence-corrected chi connectivity index (χ2v) is 6.23.